The molecule has 1 fully saturated rings. The quantitative estimate of drug-likeness (QED) is 0.726. The van der Waals surface area contributed by atoms with E-state index in [1.54, 1.807) is 0 Å². The van der Waals surface area contributed by atoms with Crippen molar-refractivity contribution >= 4 is 27.3 Å². The molecule has 1 aliphatic carbocycles. The second kappa shape index (κ2) is 6.87. The standard InChI is InChI=1S/C13H19NO5S2/c15-10-3-1-9(2-4-10)8-14-21(18,19)13-6-5-11(20-13)7-12(16)17/h5-6,9-10,14-15H,1-4,7-8H2,(H,16,17). The fraction of sp³-hybridized carbons (Fsp3) is 0.615. The van der Waals surface area contributed by atoms with E-state index in [-0.39, 0.29) is 22.7 Å². The monoisotopic (exact) mass is 333 g/mol. The van der Waals surface area contributed by atoms with Gasteiger partial charge in [0.25, 0.3) is 0 Å². The zero-order valence-corrected chi connectivity index (χ0v) is 13.1. The number of aliphatic hydroxyl groups is 1. The lowest BCUT2D eigenvalue weighted by molar-refractivity contribution is -0.136. The fourth-order valence-electron chi connectivity index (χ4n) is 2.39. The van der Waals surface area contributed by atoms with E-state index in [1.807, 2.05) is 0 Å². The SMILES string of the molecule is O=C(O)Cc1ccc(S(=O)(=O)NCC2CCC(O)CC2)s1. The number of aliphatic hydroxyl groups excluding tert-OH is 1. The molecule has 1 aromatic rings. The largest absolute Gasteiger partial charge is 0.481 e. The maximum Gasteiger partial charge on any atom is 0.308 e. The smallest absolute Gasteiger partial charge is 0.308 e. The molecule has 6 nitrogen and oxygen atoms in total. The molecule has 0 spiro atoms. The van der Waals surface area contributed by atoms with Crippen LogP contribution in [0.4, 0.5) is 0 Å². The van der Waals surface area contributed by atoms with E-state index < -0.39 is 16.0 Å². The number of rotatable bonds is 6. The summed E-state index contributed by atoms with van der Waals surface area (Å²) < 4.78 is 27.0. The van der Waals surface area contributed by atoms with Crippen LogP contribution >= 0.6 is 11.3 Å². The van der Waals surface area contributed by atoms with Gasteiger partial charge in [0.1, 0.15) is 4.21 Å². The van der Waals surface area contributed by atoms with Crippen LogP contribution in [-0.4, -0.2) is 37.2 Å². The summed E-state index contributed by atoms with van der Waals surface area (Å²) in [4.78, 5) is 11.1. The van der Waals surface area contributed by atoms with Crippen LogP contribution < -0.4 is 4.72 Å². The van der Waals surface area contributed by atoms with Crippen molar-refractivity contribution < 1.29 is 23.4 Å². The van der Waals surface area contributed by atoms with Gasteiger partial charge in [0.05, 0.1) is 12.5 Å². The van der Waals surface area contributed by atoms with Crippen molar-refractivity contribution in [3.05, 3.63) is 17.0 Å². The highest BCUT2D eigenvalue weighted by atomic mass is 32.2. The molecule has 1 heterocycles. The second-order valence-corrected chi connectivity index (χ2v) is 8.48. The molecular formula is C13H19NO5S2. The van der Waals surface area contributed by atoms with Crippen molar-refractivity contribution in [2.45, 2.75) is 42.4 Å². The minimum absolute atomic E-state index is 0.148. The molecule has 118 valence electrons. The molecule has 0 aromatic carbocycles. The average molecular weight is 333 g/mol. The minimum atomic E-state index is -3.58. The molecule has 1 aromatic heterocycles. The number of carboxylic acid groups (broad SMARTS) is 1. The Hall–Kier alpha value is -0.960. The third kappa shape index (κ3) is 4.77. The van der Waals surface area contributed by atoms with Gasteiger partial charge in [-0.05, 0) is 43.7 Å². The van der Waals surface area contributed by atoms with Crippen LogP contribution in [0.1, 0.15) is 30.6 Å². The molecule has 0 radical (unpaired) electrons. The highest BCUT2D eigenvalue weighted by molar-refractivity contribution is 7.91. The normalized spacial score (nSPS) is 23.1. The van der Waals surface area contributed by atoms with E-state index in [0.717, 1.165) is 24.2 Å². The Morgan fingerprint density at radius 3 is 2.57 bits per heavy atom. The fourth-order valence-corrected chi connectivity index (χ4v) is 4.90. The molecule has 0 aliphatic heterocycles. The van der Waals surface area contributed by atoms with Crippen molar-refractivity contribution in [2.24, 2.45) is 5.92 Å². The highest BCUT2D eigenvalue weighted by Crippen LogP contribution is 2.25. The average Bonchev–Trinajstić information content (AvgIpc) is 2.86. The van der Waals surface area contributed by atoms with Gasteiger partial charge < -0.3 is 10.2 Å². The van der Waals surface area contributed by atoms with Gasteiger partial charge in [-0.25, -0.2) is 13.1 Å². The maximum absolute atomic E-state index is 12.1. The van der Waals surface area contributed by atoms with Crippen molar-refractivity contribution in [3.63, 3.8) is 0 Å². The molecule has 21 heavy (non-hydrogen) atoms. The highest BCUT2D eigenvalue weighted by Gasteiger charge is 2.23. The second-order valence-electron chi connectivity index (χ2n) is 5.32. The summed E-state index contributed by atoms with van der Waals surface area (Å²) in [5.41, 5.74) is 0. The lowest BCUT2D eigenvalue weighted by atomic mass is 9.88. The Kier molecular flexibility index (Phi) is 5.37. The van der Waals surface area contributed by atoms with Gasteiger partial charge in [-0.2, -0.15) is 0 Å². The molecule has 0 amide bonds. The molecule has 0 atom stereocenters. The third-order valence-corrected chi connectivity index (χ3v) is 6.61. The summed E-state index contributed by atoms with van der Waals surface area (Å²) in [6, 6.07) is 2.97. The first-order valence-electron chi connectivity index (χ1n) is 6.85. The third-order valence-electron chi connectivity index (χ3n) is 3.61. The topological polar surface area (TPSA) is 104 Å². The number of hydrogen-bond donors (Lipinski definition) is 3. The van der Waals surface area contributed by atoms with Gasteiger partial charge in [0.15, 0.2) is 0 Å². The number of aliphatic carboxylic acids is 1. The van der Waals surface area contributed by atoms with E-state index in [4.69, 9.17) is 5.11 Å². The van der Waals surface area contributed by atoms with Gasteiger partial charge in [0.2, 0.25) is 10.0 Å². The number of thiophene rings is 1. The summed E-state index contributed by atoms with van der Waals surface area (Å²) in [6.07, 6.45) is 2.65. The Bertz CT molecular complexity index is 587. The predicted molar refractivity (Wildman–Crippen MR) is 78.8 cm³/mol. The molecule has 0 bridgehead atoms. The van der Waals surface area contributed by atoms with Crippen LogP contribution in [0.15, 0.2) is 16.3 Å². The molecular weight excluding hydrogens is 314 g/mol. The zero-order chi connectivity index (χ0) is 15.5. The van der Waals surface area contributed by atoms with Crippen molar-refractivity contribution in [2.75, 3.05) is 6.54 Å². The van der Waals surface area contributed by atoms with Gasteiger partial charge >= 0.3 is 5.97 Å². The molecule has 1 aliphatic rings. The van der Waals surface area contributed by atoms with Gasteiger partial charge in [-0.15, -0.1) is 11.3 Å². The Labute approximate surface area is 127 Å². The van der Waals surface area contributed by atoms with E-state index >= 15 is 0 Å². The van der Waals surface area contributed by atoms with Crippen LogP contribution in [-0.2, 0) is 21.2 Å². The van der Waals surface area contributed by atoms with Crippen LogP contribution in [0, 0.1) is 5.92 Å². The lowest BCUT2D eigenvalue weighted by Gasteiger charge is -2.25. The Morgan fingerprint density at radius 2 is 1.95 bits per heavy atom. The summed E-state index contributed by atoms with van der Waals surface area (Å²) in [6.45, 7) is 0.362. The van der Waals surface area contributed by atoms with Crippen molar-refractivity contribution in [3.8, 4) is 0 Å². The molecule has 3 N–H and O–H groups in total. The Morgan fingerprint density at radius 1 is 1.29 bits per heavy atom. The van der Waals surface area contributed by atoms with E-state index in [0.29, 0.717) is 24.3 Å². The Balaban J connectivity index is 1.92. The minimum Gasteiger partial charge on any atom is -0.481 e. The van der Waals surface area contributed by atoms with Crippen molar-refractivity contribution in [1.82, 2.24) is 4.72 Å². The summed E-state index contributed by atoms with van der Waals surface area (Å²) in [5, 5.41) is 18.1. The maximum atomic E-state index is 12.1. The molecule has 8 heteroatoms. The van der Waals surface area contributed by atoms with Gasteiger partial charge in [0, 0.05) is 11.4 Å². The van der Waals surface area contributed by atoms with Crippen LogP contribution in [0.3, 0.4) is 0 Å². The number of hydrogen-bond acceptors (Lipinski definition) is 5. The van der Waals surface area contributed by atoms with Gasteiger partial charge in [-0.1, -0.05) is 0 Å². The molecule has 2 rings (SSSR count). The van der Waals surface area contributed by atoms with E-state index in [1.165, 1.54) is 12.1 Å². The predicted octanol–water partition coefficient (Wildman–Crippen LogP) is 1.20. The van der Waals surface area contributed by atoms with Crippen LogP contribution in [0.5, 0.6) is 0 Å². The number of carboxylic acids is 1. The van der Waals surface area contributed by atoms with E-state index in [9.17, 15) is 18.3 Å². The molecule has 0 saturated heterocycles. The first-order chi connectivity index (χ1) is 9.87. The van der Waals surface area contributed by atoms with Crippen LogP contribution in [0.2, 0.25) is 0 Å². The number of sulfonamides is 1. The lowest BCUT2D eigenvalue weighted by Crippen LogP contribution is -2.31. The first-order valence-corrected chi connectivity index (χ1v) is 9.15. The summed E-state index contributed by atoms with van der Waals surface area (Å²) >= 11 is 0.984. The summed E-state index contributed by atoms with van der Waals surface area (Å²) in [7, 11) is -3.58. The number of carbonyl (C=O) groups is 1. The van der Waals surface area contributed by atoms with Crippen LogP contribution in [0.25, 0.3) is 0 Å². The van der Waals surface area contributed by atoms with Gasteiger partial charge in [-0.3, -0.25) is 4.79 Å². The zero-order valence-electron chi connectivity index (χ0n) is 11.5. The number of nitrogens with one attached hydrogen (secondary N) is 1. The van der Waals surface area contributed by atoms with Crippen molar-refractivity contribution in [1.29, 1.82) is 0 Å². The summed E-state index contributed by atoms with van der Waals surface area (Å²) in [5.74, 6) is -0.726. The molecule has 1 saturated carbocycles. The van der Waals surface area contributed by atoms with E-state index in [2.05, 4.69) is 4.72 Å². The molecule has 0 unspecified atom stereocenters. The first kappa shape index (κ1) is 16.4.